The van der Waals surface area contributed by atoms with Crippen LogP contribution in [0.5, 0.6) is 0 Å². The third-order valence-corrected chi connectivity index (χ3v) is 5.07. The van der Waals surface area contributed by atoms with Gasteiger partial charge in [-0.15, -0.1) is 0 Å². The smallest absolute Gasteiger partial charge is 0.305 e. The highest BCUT2D eigenvalue weighted by molar-refractivity contribution is 5.76. The first-order valence-corrected chi connectivity index (χ1v) is 9.36. The molecule has 0 bridgehead atoms. The maximum Gasteiger partial charge on any atom is 0.305 e. The van der Waals surface area contributed by atoms with Crippen LogP contribution >= 0.6 is 0 Å². The maximum absolute atomic E-state index is 12.2. The second kappa shape index (κ2) is 10.7. The van der Waals surface area contributed by atoms with Crippen LogP contribution in [0.2, 0.25) is 0 Å². The number of hydrogen-bond donors (Lipinski definition) is 1. The molecule has 0 radical (unpaired) electrons. The summed E-state index contributed by atoms with van der Waals surface area (Å²) in [6.07, 6.45) is 7.01. The fourth-order valence-electron chi connectivity index (χ4n) is 3.40. The predicted molar refractivity (Wildman–Crippen MR) is 91.6 cm³/mol. The summed E-state index contributed by atoms with van der Waals surface area (Å²) in [5.74, 6) is 0.701. The number of esters is 1. The minimum atomic E-state index is -0.200. The molecule has 2 aliphatic rings. The Morgan fingerprint density at radius 3 is 2.38 bits per heavy atom. The summed E-state index contributed by atoms with van der Waals surface area (Å²) in [4.78, 5) is 25.2. The van der Waals surface area contributed by atoms with Crippen molar-refractivity contribution in [2.75, 3.05) is 39.9 Å². The SMILES string of the molecule is COC(=O)CCCCC(=O)N1CCC(OCC2CCNCC2)CC1. The average molecular weight is 340 g/mol. The van der Waals surface area contributed by atoms with Crippen LogP contribution in [0.4, 0.5) is 0 Å². The van der Waals surface area contributed by atoms with Gasteiger partial charge in [-0.3, -0.25) is 9.59 Å². The van der Waals surface area contributed by atoms with Crippen molar-refractivity contribution in [3.63, 3.8) is 0 Å². The first kappa shape index (κ1) is 19.2. The Morgan fingerprint density at radius 1 is 1.04 bits per heavy atom. The number of likely N-dealkylation sites (tertiary alicyclic amines) is 1. The van der Waals surface area contributed by atoms with Crippen molar-refractivity contribution in [3.05, 3.63) is 0 Å². The Morgan fingerprint density at radius 2 is 1.71 bits per heavy atom. The third-order valence-electron chi connectivity index (χ3n) is 5.07. The fourth-order valence-corrected chi connectivity index (χ4v) is 3.40. The number of carbonyl (C=O) groups is 2. The van der Waals surface area contributed by atoms with Gasteiger partial charge in [0.25, 0.3) is 0 Å². The third kappa shape index (κ3) is 6.77. The van der Waals surface area contributed by atoms with E-state index in [1.165, 1.54) is 20.0 Å². The van der Waals surface area contributed by atoms with Crippen LogP contribution < -0.4 is 5.32 Å². The Bertz CT molecular complexity index is 388. The van der Waals surface area contributed by atoms with E-state index in [-0.39, 0.29) is 11.9 Å². The first-order chi connectivity index (χ1) is 11.7. The molecule has 0 aromatic heterocycles. The van der Waals surface area contributed by atoms with Gasteiger partial charge in [-0.1, -0.05) is 0 Å². The van der Waals surface area contributed by atoms with Crippen LogP contribution in [0.25, 0.3) is 0 Å². The number of unbranched alkanes of at least 4 members (excludes halogenated alkanes) is 1. The highest BCUT2D eigenvalue weighted by atomic mass is 16.5. The van der Waals surface area contributed by atoms with Crippen molar-refractivity contribution in [2.45, 2.75) is 57.5 Å². The summed E-state index contributed by atoms with van der Waals surface area (Å²) in [6, 6.07) is 0. The zero-order valence-corrected chi connectivity index (χ0v) is 14.9. The lowest BCUT2D eigenvalue weighted by atomic mass is 9.99. The van der Waals surface area contributed by atoms with Gasteiger partial charge in [0.05, 0.1) is 13.2 Å². The summed E-state index contributed by atoms with van der Waals surface area (Å²) < 4.78 is 10.7. The summed E-state index contributed by atoms with van der Waals surface area (Å²) >= 11 is 0. The van der Waals surface area contributed by atoms with Crippen LogP contribution in [0.15, 0.2) is 0 Å². The second-order valence-corrected chi connectivity index (χ2v) is 6.89. The van der Waals surface area contributed by atoms with E-state index in [2.05, 4.69) is 10.1 Å². The molecular formula is C18H32N2O4. The molecule has 0 atom stereocenters. The predicted octanol–water partition coefficient (Wildman–Crippen LogP) is 1.73. The van der Waals surface area contributed by atoms with Gasteiger partial charge in [0.1, 0.15) is 0 Å². The molecule has 0 saturated carbocycles. The van der Waals surface area contributed by atoms with E-state index in [4.69, 9.17) is 4.74 Å². The molecule has 1 amide bonds. The van der Waals surface area contributed by atoms with Crippen LogP contribution in [0.1, 0.15) is 51.4 Å². The van der Waals surface area contributed by atoms with Gasteiger partial charge in [-0.05, 0) is 57.5 Å². The second-order valence-electron chi connectivity index (χ2n) is 6.89. The van der Waals surface area contributed by atoms with E-state index >= 15 is 0 Å². The van der Waals surface area contributed by atoms with E-state index < -0.39 is 0 Å². The molecule has 2 rings (SSSR count). The number of nitrogens with one attached hydrogen (secondary N) is 1. The number of hydrogen-bond acceptors (Lipinski definition) is 5. The van der Waals surface area contributed by atoms with Gasteiger partial charge < -0.3 is 19.7 Å². The van der Waals surface area contributed by atoms with Crippen LogP contribution in [0.3, 0.4) is 0 Å². The molecule has 0 aromatic rings. The van der Waals surface area contributed by atoms with Crippen molar-refractivity contribution in [2.24, 2.45) is 5.92 Å². The number of methoxy groups -OCH3 is 1. The summed E-state index contributed by atoms with van der Waals surface area (Å²) in [5, 5.41) is 3.38. The average Bonchev–Trinajstić information content (AvgIpc) is 2.64. The van der Waals surface area contributed by atoms with E-state index in [0.717, 1.165) is 52.0 Å². The number of ether oxygens (including phenoxy) is 2. The number of carbonyl (C=O) groups excluding carboxylic acids is 2. The van der Waals surface area contributed by atoms with Gasteiger partial charge in [0, 0.05) is 32.5 Å². The van der Waals surface area contributed by atoms with Gasteiger partial charge in [-0.25, -0.2) is 0 Å². The van der Waals surface area contributed by atoms with Crippen LogP contribution in [0, 0.1) is 5.92 Å². The largest absolute Gasteiger partial charge is 0.469 e. The minimum absolute atomic E-state index is 0.200. The van der Waals surface area contributed by atoms with Crippen molar-refractivity contribution >= 4 is 11.9 Å². The molecule has 2 heterocycles. The maximum atomic E-state index is 12.2. The molecule has 2 fully saturated rings. The Kier molecular flexibility index (Phi) is 8.53. The molecule has 2 aliphatic heterocycles. The lowest BCUT2D eigenvalue weighted by Gasteiger charge is -2.33. The standard InChI is InChI=1S/C18H32N2O4/c1-23-18(22)5-3-2-4-17(21)20-12-8-16(9-13-20)24-14-15-6-10-19-11-7-15/h15-16,19H,2-14H2,1H3. The molecule has 1 N–H and O–H groups in total. The number of amides is 1. The Hall–Kier alpha value is -1.14. The van der Waals surface area contributed by atoms with Crippen molar-refractivity contribution in [3.8, 4) is 0 Å². The zero-order valence-electron chi connectivity index (χ0n) is 14.9. The quantitative estimate of drug-likeness (QED) is 0.538. The summed E-state index contributed by atoms with van der Waals surface area (Å²) in [5.41, 5.74) is 0. The summed E-state index contributed by atoms with van der Waals surface area (Å²) in [6.45, 7) is 4.68. The lowest BCUT2D eigenvalue weighted by Crippen LogP contribution is -2.41. The normalized spacial score (nSPS) is 20.1. The zero-order chi connectivity index (χ0) is 17.2. The van der Waals surface area contributed by atoms with E-state index in [1.807, 2.05) is 4.90 Å². The molecule has 2 saturated heterocycles. The molecule has 24 heavy (non-hydrogen) atoms. The summed E-state index contributed by atoms with van der Waals surface area (Å²) in [7, 11) is 1.39. The Balaban J connectivity index is 1.54. The topological polar surface area (TPSA) is 67.9 Å². The number of nitrogens with zero attached hydrogens (tertiary/aromatic N) is 1. The molecule has 0 aromatic carbocycles. The van der Waals surface area contributed by atoms with Crippen molar-refractivity contribution in [1.82, 2.24) is 10.2 Å². The monoisotopic (exact) mass is 340 g/mol. The van der Waals surface area contributed by atoms with E-state index in [9.17, 15) is 9.59 Å². The van der Waals surface area contributed by atoms with E-state index in [1.54, 1.807) is 0 Å². The van der Waals surface area contributed by atoms with Crippen LogP contribution in [-0.2, 0) is 19.1 Å². The number of rotatable bonds is 8. The van der Waals surface area contributed by atoms with Crippen molar-refractivity contribution < 1.29 is 19.1 Å². The van der Waals surface area contributed by atoms with Gasteiger partial charge in [-0.2, -0.15) is 0 Å². The van der Waals surface area contributed by atoms with Gasteiger partial charge in [0.2, 0.25) is 5.91 Å². The molecule has 0 aliphatic carbocycles. The molecule has 0 spiro atoms. The molecule has 6 heteroatoms. The first-order valence-electron chi connectivity index (χ1n) is 9.36. The minimum Gasteiger partial charge on any atom is -0.469 e. The molecule has 0 unspecified atom stereocenters. The molecular weight excluding hydrogens is 308 g/mol. The van der Waals surface area contributed by atoms with Gasteiger partial charge in [0.15, 0.2) is 0 Å². The number of piperidine rings is 2. The molecule has 6 nitrogen and oxygen atoms in total. The highest BCUT2D eigenvalue weighted by Crippen LogP contribution is 2.19. The Labute approximate surface area is 145 Å². The van der Waals surface area contributed by atoms with Crippen molar-refractivity contribution in [1.29, 1.82) is 0 Å². The highest BCUT2D eigenvalue weighted by Gasteiger charge is 2.24. The fraction of sp³-hybridized carbons (Fsp3) is 0.889. The lowest BCUT2D eigenvalue weighted by molar-refractivity contribution is -0.141. The molecule has 138 valence electrons. The van der Waals surface area contributed by atoms with Crippen LogP contribution in [-0.4, -0.2) is 62.8 Å². The van der Waals surface area contributed by atoms with Gasteiger partial charge >= 0.3 is 5.97 Å². The van der Waals surface area contributed by atoms with E-state index in [0.29, 0.717) is 31.3 Å².